The van der Waals surface area contributed by atoms with Gasteiger partial charge in [-0.15, -0.1) is 0 Å². The first-order chi connectivity index (χ1) is 8.38. The van der Waals surface area contributed by atoms with Gasteiger partial charge in [0.05, 0.1) is 18.8 Å². The maximum absolute atomic E-state index is 13.2. The number of ether oxygens (including phenoxy) is 2. The van der Waals surface area contributed by atoms with Crippen LogP contribution in [0.5, 0.6) is 0 Å². The summed E-state index contributed by atoms with van der Waals surface area (Å²) in [5, 5.41) is 0. The van der Waals surface area contributed by atoms with E-state index in [4.69, 9.17) is 20.2 Å². The van der Waals surface area contributed by atoms with Crippen molar-refractivity contribution < 1.29 is 27.1 Å². The van der Waals surface area contributed by atoms with E-state index in [1.807, 2.05) is 0 Å². The molecule has 0 radical (unpaired) electrons. The molecule has 0 amide bonds. The molecule has 0 bridgehead atoms. The molecule has 2 rings (SSSR count). The number of hydrogen-bond acceptors (Lipinski definition) is 5. The summed E-state index contributed by atoms with van der Waals surface area (Å²) in [7, 11) is 0.800. The molecule has 1 aromatic rings. The van der Waals surface area contributed by atoms with Crippen molar-refractivity contribution in [3.8, 4) is 0 Å². The van der Waals surface area contributed by atoms with Crippen molar-refractivity contribution in [2.24, 2.45) is 0 Å². The minimum Gasteiger partial charge on any atom is -0.454 e. The van der Waals surface area contributed by atoms with Gasteiger partial charge in [-0.1, -0.05) is 0 Å². The summed E-state index contributed by atoms with van der Waals surface area (Å²) in [5.41, 5.74) is -0.0810. The summed E-state index contributed by atoms with van der Waals surface area (Å²) in [6.45, 7) is 0.598. The van der Waals surface area contributed by atoms with Gasteiger partial charge in [0, 0.05) is 10.7 Å². The highest BCUT2D eigenvalue weighted by molar-refractivity contribution is 8.13. The summed E-state index contributed by atoms with van der Waals surface area (Å²) in [5.74, 6) is -1.77. The first-order valence-corrected chi connectivity index (χ1v) is 7.22. The number of esters is 1. The highest BCUT2D eigenvalue weighted by atomic mass is 35.7. The van der Waals surface area contributed by atoms with E-state index in [-0.39, 0.29) is 11.7 Å². The number of hydrogen-bond donors (Lipinski definition) is 0. The predicted molar refractivity (Wildman–Crippen MR) is 59.5 cm³/mol. The summed E-state index contributed by atoms with van der Waals surface area (Å²) in [4.78, 5) is 10.9. The van der Waals surface area contributed by atoms with E-state index in [0.29, 0.717) is 13.2 Å². The number of carbonyl (C=O) groups is 1. The lowest BCUT2D eigenvalue weighted by Crippen LogP contribution is -2.37. The third-order valence-electron chi connectivity index (χ3n) is 2.31. The van der Waals surface area contributed by atoms with Crippen LogP contribution >= 0.6 is 10.7 Å². The first kappa shape index (κ1) is 13.3. The van der Waals surface area contributed by atoms with Crippen LogP contribution < -0.4 is 0 Å². The van der Waals surface area contributed by atoms with Crippen LogP contribution in [0.25, 0.3) is 0 Å². The Bertz CT molecular complexity index is 582. The van der Waals surface area contributed by atoms with Gasteiger partial charge in [-0.2, -0.15) is 0 Å². The van der Waals surface area contributed by atoms with Gasteiger partial charge >= 0.3 is 5.97 Å². The lowest BCUT2D eigenvalue weighted by Gasteiger charge is -2.25. The molecular weight excluding hydrogens is 287 g/mol. The average molecular weight is 295 g/mol. The molecule has 0 aromatic heterocycles. The van der Waals surface area contributed by atoms with Crippen LogP contribution in [0, 0.1) is 5.82 Å². The standard InChI is InChI=1S/C10H8ClFO5S/c11-18(14,15)9-3-6(1-2-8(9)12)10(13)17-7-4-16-5-7/h1-3,7H,4-5H2. The van der Waals surface area contributed by atoms with E-state index < -0.39 is 25.7 Å². The summed E-state index contributed by atoms with van der Waals surface area (Å²) in [6.07, 6.45) is -0.349. The normalized spacial score (nSPS) is 16.1. The Balaban J connectivity index is 2.26. The maximum Gasteiger partial charge on any atom is 0.338 e. The van der Waals surface area contributed by atoms with Gasteiger partial charge in [-0.05, 0) is 18.2 Å². The number of halogens is 2. The molecule has 5 nitrogen and oxygen atoms in total. The Kier molecular flexibility index (Phi) is 3.56. The molecule has 1 heterocycles. The second-order valence-electron chi connectivity index (χ2n) is 3.65. The average Bonchev–Trinajstić information content (AvgIpc) is 2.22. The van der Waals surface area contributed by atoms with Crippen LogP contribution in [0.15, 0.2) is 23.1 Å². The van der Waals surface area contributed by atoms with Crippen molar-refractivity contribution in [3.05, 3.63) is 29.6 Å². The zero-order chi connectivity index (χ0) is 13.3. The summed E-state index contributed by atoms with van der Waals surface area (Å²) in [6, 6.07) is 2.82. The Hall–Kier alpha value is -1.18. The molecule has 0 atom stereocenters. The zero-order valence-electron chi connectivity index (χ0n) is 8.93. The van der Waals surface area contributed by atoms with E-state index in [1.54, 1.807) is 0 Å². The van der Waals surface area contributed by atoms with E-state index in [9.17, 15) is 17.6 Å². The van der Waals surface area contributed by atoms with Crippen molar-refractivity contribution in [3.63, 3.8) is 0 Å². The molecule has 1 fully saturated rings. The third-order valence-corrected chi connectivity index (χ3v) is 3.65. The SMILES string of the molecule is O=C(OC1COC1)c1ccc(F)c(S(=O)(=O)Cl)c1. The van der Waals surface area contributed by atoms with E-state index in [2.05, 4.69) is 0 Å². The Morgan fingerprint density at radius 1 is 1.44 bits per heavy atom. The fraction of sp³-hybridized carbons (Fsp3) is 0.300. The summed E-state index contributed by atoms with van der Waals surface area (Å²) >= 11 is 0. The molecule has 0 unspecified atom stereocenters. The molecule has 0 spiro atoms. The summed E-state index contributed by atoms with van der Waals surface area (Å²) < 4.78 is 45.1. The highest BCUT2D eigenvalue weighted by Crippen LogP contribution is 2.21. The molecule has 98 valence electrons. The van der Waals surface area contributed by atoms with Gasteiger partial charge < -0.3 is 9.47 Å². The van der Waals surface area contributed by atoms with Crippen LogP contribution in [0.1, 0.15) is 10.4 Å². The molecule has 8 heteroatoms. The van der Waals surface area contributed by atoms with Gasteiger partial charge in [0.2, 0.25) is 0 Å². The minimum atomic E-state index is -4.24. The molecule has 0 aliphatic carbocycles. The fourth-order valence-corrected chi connectivity index (χ4v) is 2.24. The topological polar surface area (TPSA) is 69.7 Å². The van der Waals surface area contributed by atoms with Crippen molar-refractivity contribution >= 4 is 25.7 Å². The fourth-order valence-electron chi connectivity index (χ4n) is 1.32. The van der Waals surface area contributed by atoms with Gasteiger partial charge in [-0.25, -0.2) is 17.6 Å². The minimum absolute atomic E-state index is 0.0810. The van der Waals surface area contributed by atoms with Crippen LogP contribution in [0.4, 0.5) is 4.39 Å². The largest absolute Gasteiger partial charge is 0.454 e. The van der Waals surface area contributed by atoms with Gasteiger partial charge in [0.1, 0.15) is 16.8 Å². The van der Waals surface area contributed by atoms with Crippen molar-refractivity contribution in [2.75, 3.05) is 13.2 Å². The van der Waals surface area contributed by atoms with E-state index in [0.717, 1.165) is 18.2 Å². The third kappa shape index (κ3) is 2.80. The first-order valence-electron chi connectivity index (χ1n) is 4.91. The second-order valence-corrected chi connectivity index (χ2v) is 6.18. The monoisotopic (exact) mass is 294 g/mol. The quantitative estimate of drug-likeness (QED) is 0.621. The molecule has 1 saturated heterocycles. The molecule has 1 aromatic carbocycles. The molecule has 0 saturated carbocycles. The molecule has 0 N–H and O–H groups in total. The van der Waals surface area contributed by atoms with Crippen LogP contribution in [0.3, 0.4) is 0 Å². The molecule has 18 heavy (non-hydrogen) atoms. The molecule has 1 aliphatic rings. The van der Waals surface area contributed by atoms with Crippen molar-refractivity contribution in [1.82, 2.24) is 0 Å². The smallest absolute Gasteiger partial charge is 0.338 e. The lowest BCUT2D eigenvalue weighted by atomic mass is 10.2. The molecule has 1 aliphatic heterocycles. The second kappa shape index (κ2) is 4.83. The lowest BCUT2D eigenvalue weighted by molar-refractivity contribution is -0.103. The Labute approximate surface area is 107 Å². The Morgan fingerprint density at radius 2 is 2.11 bits per heavy atom. The zero-order valence-corrected chi connectivity index (χ0v) is 10.5. The van der Waals surface area contributed by atoms with Gasteiger partial charge in [0.15, 0.2) is 0 Å². The number of rotatable bonds is 3. The van der Waals surface area contributed by atoms with Crippen molar-refractivity contribution in [2.45, 2.75) is 11.0 Å². The van der Waals surface area contributed by atoms with Crippen LogP contribution in [-0.4, -0.2) is 33.7 Å². The Morgan fingerprint density at radius 3 is 2.61 bits per heavy atom. The van der Waals surface area contributed by atoms with Crippen LogP contribution in [0.2, 0.25) is 0 Å². The maximum atomic E-state index is 13.2. The predicted octanol–water partition coefficient (Wildman–Crippen LogP) is 1.31. The highest BCUT2D eigenvalue weighted by Gasteiger charge is 2.25. The van der Waals surface area contributed by atoms with Gasteiger partial charge in [-0.3, -0.25) is 0 Å². The van der Waals surface area contributed by atoms with E-state index >= 15 is 0 Å². The van der Waals surface area contributed by atoms with Crippen LogP contribution in [-0.2, 0) is 18.5 Å². The molecular formula is C10H8ClFO5S. The van der Waals surface area contributed by atoms with E-state index in [1.165, 1.54) is 0 Å². The number of benzene rings is 1. The van der Waals surface area contributed by atoms with Gasteiger partial charge in [0.25, 0.3) is 9.05 Å². The number of carbonyl (C=O) groups excluding carboxylic acids is 1. The van der Waals surface area contributed by atoms with Crippen molar-refractivity contribution in [1.29, 1.82) is 0 Å².